The molecule has 0 unspecified atom stereocenters. The van der Waals surface area contributed by atoms with Gasteiger partial charge in [-0.15, -0.1) is 0 Å². The molecule has 166 valence electrons. The van der Waals surface area contributed by atoms with Crippen LogP contribution in [0.15, 0.2) is 30.5 Å². The predicted molar refractivity (Wildman–Crippen MR) is 122 cm³/mol. The Bertz CT molecular complexity index is 1030. The Kier molecular flexibility index (Phi) is 6.84. The molecule has 9 heteroatoms. The van der Waals surface area contributed by atoms with Crippen LogP contribution in [0.5, 0.6) is 5.75 Å². The number of aromatic nitrogens is 3. The number of hydrogen-bond acceptors (Lipinski definition) is 7. The zero-order chi connectivity index (χ0) is 21.8. The fourth-order valence-corrected chi connectivity index (χ4v) is 4.75. The molecule has 1 aliphatic rings. The highest BCUT2D eigenvalue weighted by Gasteiger charge is 2.25. The van der Waals surface area contributed by atoms with E-state index in [0.29, 0.717) is 17.4 Å². The van der Waals surface area contributed by atoms with Crippen molar-refractivity contribution in [1.82, 2.24) is 19.7 Å². The number of benzene rings is 1. The van der Waals surface area contributed by atoms with Gasteiger partial charge in [-0.25, -0.2) is 4.98 Å². The van der Waals surface area contributed by atoms with Gasteiger partial charge < -0.3 is 9.47 Å². The molecule has 8 nitrogen and oxygen atoms in total. The van der Waals surface area contributed by atoms with Crippen molar-refractivity contribution in [3.8, 4) is 5.75 Å². The zero-order valence-electron chi connectivity index (χ0n) is 18.3. The number of methoxy groups -OCH3 is 1. The SMILES string of the molecule is COc1ccc2nc(N(CCCN3CCOCC3)C(=O)c3ccnn3C(C)C)sc2c1. The van der Waals surface area contributed by atoms with Gasteiger partial charge in [-0.2, -0.15) is 5.10 Å². The van der Waals surface area contributed by atoms with E-state index in [4.69, 9.17) is 14.5 Å². The number of carbonyl (C=O) groups is 1. The molecule has 3 heterocycles. The first-order valence-corrected chi connectivity index (χ1v) is 11.5. The smallest absolute Gasteiger partial charge is 0.278 e. The van der Waals surface area contributed by atoms with Crippen molar-refractivity contribution in [2.45, 2.75) is 26.3 Å². The third-order valence-corrected chi connectivity index (χ3v) is 6.44. The summed E-state index contributed by atoms with van der Waals surface area (Å²) in [5.41, 5.74) is 1.45. The van der Waals surface area contributed by atoms with E-state index >= 15 is 0 Å². The molecule has 0 atom stereocenters. The average molecular weight is 444 g/mol. The van der Waals surface area contributed by atoms with Crippen LogP contribution in [-0.2, 0) is 4.74 Å². The van der Waals surface area contributed by atoms with Gasteiger partial charge in [0.15, 0.2) is 5.13 Å². The molecule has 2 aromatic heterocycles. The molecule has 0 radical (unpaired) electrons. The number of amides is 1. The Morgan fingerprint density at radius 3 is 2.84 bits per heavy atom. The Hall–Kier alpha value is -2.49. The van der Waals surface area contributed by atoms with Crippen molar-refractivity contribution in [2.75, 3.05) is 51.4 Å². The standard InChI is InChI=1S/C22H29N5O3S/c1-16(2)27-19(7-8-23-27)21(28)26(10-4-9-25-11-13-30-14-12-25)22-24-18-6-5-17(29-3)15-20(18)31-22/h5-8,15-16H,4,9-14H2,1-3H3. The lowest BCUT2D eigenvalue weighted by Gasteiger charge is -2.28. The number of thiazole rings is 1. The summed E-state index contributed by atoms with van der Waals surface area (Å²) < 4.78 is 13.6. The third kappa shape index (κ3) is 4.89. The normalized spacial score (nSPS) is 15.0. The zero-order valence-corrected chi connectivity index (χ0v) is 19.1. The molecule has 1 amide bonds. The van der Waals surface area contributed by atoms with Crippen LogP contribution < -0.4 is 9.64 Å². The van der Waals surface area contributed by atoms with Crippen LogP contribution >= 0.6 is 11.3 Å². The highest BCUT2D eigenvalue weighted by molar-refractivity contribution is 7.22. The predicted octanol–water partition coefficient (Wildman–Crippen LogP) is 3.45. The summed E-state index contributed by atoms with van der Waals surface area (Å²) in [6, 6.07) is 7.68. The molecule has 31 heavy (non-hydrogen) atoms. The minimum atomic E-state index is -0.0702. The summed E-state index contributed by atoms with van der Waals surface area (Å²) >= 11 is 1.51. The highest BCUT2D eigenvalue weighted by atomic mass is 32.1. The summed E-state index contributed by atoms with van der Waals surface area (Å²) in [7, 11) is 1.65. The molecular weight excluding hydrogens is 414 g/mol. The number of ether oxygens (including phenoxy) is 2. The lowest BCUT2D eigenvalue weighted by atomic mass is 10.3. The quantitative estimate of drug-likeness (QED) is 0.531. The highest BCUT2D eigenvalue weighted by Crippen LogP contribution is 2.32. The Labute approximate surface area is 186 Å². The lowest BCUT2D eigenvalue weighted by molar-refractivity contribution is 0.0376. The second-order valence-corrected chi connectivity index (χ2v) is 8.86. The molecular formula is C22H29N5O3S. The molecule has 1 saturated heterocycles. The number of nitrogens with zero attached hydrogens (tertiary/aromatic N) is 5. The van der Waals surface area contributed by atoms with Gasteiger partial charge in [-0.3, -0.25) is 19.3 Å². The Balaban J connectivity index is 1.60. The molecule has 0 saturated carbocycles. The van der Waals surface area contributed by atoms with E-state index in [2.05, 4.69) is 10.00 Å². The van der Waals surface area contributed by atoms with Crippen molar-refractivity contribution >= 4 is 32.6 Å². The summed E-state index contributed by atoms with van der Waals surface area (Å²) in [6.07, 6.45) is 2.54. The molecule has 0 N–H and O–H groups in total. The number of carbonyl (C=O) groups excluding carboxylic acids is 1. The number of morpholine rings is 1. The first-order valence-electron chi connectivity index (χ1n) is 10.7. The van der Waals surface area contributed by atoms with Crippen molar-refractivity contribution < 1.29 is 14.3 Å². The van der Waals surface area contributed by atoms with E-state index in [-0.39, 0.29) is 11.9 Å². The van der Waals surface area contributed by atoms with Gasteiger partial charge in [-0.05, 0) is 44.5 Å². The molecule has 1 fully saturated rings. The van der Waals surface area contributed by atoms with Crippen LogP contribution in [0.1, 0.15) is 36.8 Å². The van der Waals surface area contributed by atoms with Crippen molar-refractivity contribution in [1.29, 1.82) is 0 Å². The molecule has 0 bridgehead atoms. The summed E-state index contributed by atoms with van der Waals surface area (Å²) in [4.78, 5) is 22.5. The van der Waals surface area contributed by atoms with Crippen molar-refractivity contribution in [3.05, 3.63) is 36.2 Å². The van der Waals surface area contributed by atoms with E-state index in [1.165, 1.54) is 11.3 Å². The Morgan fingerprint density at radius 2 is 2.10 bits per heavy atom. The van der Waals surface area contributed by atoms with Gasteiger partial charge in [0, 0.05) is 38.4 Å². The van der Waals surface area contributed by atoms with Crippen molar-refractivity contribution in [2.24, 2.45) is 0 Å². The third-order valence-electron chi connectivity index (χ3n) is 5.40. The molecule has 0 aliphatic carbocycles. The van der Waals surface area contributed by atoms with E-state index in [1.807, 2.05) is 32.0 Å². The van der Waals surface area contributed by atoms with E-state index in [1.54, 1.807) is 29.0 Å². The Morgan fingerprint density at radius 1 is 1.29 bits per heavy atom. The molecule has 1 aromatic carbocycles. The molecule has 4 rings (SSSR count). The van der Waals surface area contributed by atoms with Gasteiger partial charge in [-0.1, -0.05) is 11.3 Å². The second kappa shape index (κ2) is 9.76. The van der Waals surface area contributed by atoms with Crippen LogP contribution in [0, 0.1) is 0 Å². The van der Waals surface area contributed by atoms with Gasteiger partial charge in [0.2, 0.25) is 0 Å². The van der Waals surface area contributed by atoms with Crippen LogP contribution in [0.2, 0.25) is 0 Å². The van der Waals surface area contributed by atoms with E-state index < -0.39 is 0 Å². The van der Waals surface area contributed by atoms with Gasteiger partial charge in [0.1, 0.15) is 11.4 Å². The summed E-state index contributed by atoms with van der Waals surface area (Å²) in [6.45, 7) is 8.99. The first-order chi connectivity index (χ1) is 15.1. The maximum atomic E-state index is 13.6. The number of anilines is 1. The van der Waals surface area contributed by atoms with Crippen molar-refractivity contribution in [3.63, 3.8) is 0 Å². The number of hydrogen-bond donors (Lipinski definition) is 0. The fourth-order valence-electron chi connectivity index (χ4n) is 3.73. The van der Waals surface area contributed by atoms with Gasteiger partial charge in [0.05, 0.1) is 30.5 Å². The van der Waals surface area contributed by atoms with E-state index in [9.17, 15) is 4.79 Å². The monoisotopic (exact) mass is 443 g/mol. The molecule has 1 aliphatic heterocycles. The molecule has 3 aromatic rings. The van der Waals surface area contributed by atoms with Gasteiger partial charge in [0.25, 0.3) is 5.91 Å². The van der Waals surface area contributed by atoms with Crippen LogP contribution in [0.25, 0.3) is 10.2 Å². The second-order valence-electron chi connectivity index (χ2n) is 7.85. The lowest BCUT2D eigenvalue weighted by Crippen LogP contribution is -2.39. The number of rotatable bonds is 8. The largest absolute Gasteiger partial charge is 0.497 e. The first kappa shape index (κ1) is 21.7. The minimum Gasteiger partial charge on any atom is -0.497 e. The fraction of sp³-hybridized carbons (Fsp3) is 0.500. The molecule has 0 spiro atoms. The summed E-state index contributed by atoms with van der Waals surface area (Å²) in [5, 5.41) is 5.05. The van der Waals surface area contributed by atoms with Gasteiger partial charge >= 0.3 is 0 Å². The van der Waals surface area contributed by atoms with Crippen LogP contribution in [-0.4, -0.2) is 72.1 Å². The number of fused-ring (bicyclic) bond motifs is 1. The topological polar surface area (TPSA) is 72.7 Å². The average Bonchev–Trinajstić information content (AvgIpc) is 3.43. The summed E-state index contributed by atoms with van der Waals surface area (Å²) in [5.74, 6) is 0.713. The van der Waals surface area contributed by atoms with Crippen LogP contribution in [0.4, 0.5) is 5.13 Å². The maximum Gasteiger partial charge on any atom is 0.278 e. The van der Waals surface area contributed by atoms with E-state index in [0.717, 1.165) is 55.2 Å². The maximum absolute atomic E-state index is 13.6. The van der Waals surface area contributed by atoms with Crippen LogP contribution in [0.3, 0.4) is 0 Å². The minimum absolute atomic E-state index is 0.0702.